The molecule has 0 aromatic carbocycles. The van der Waals surface area contributed by atoms with Crippen LogP contribution in [0.5, 0.6) is 5.75 Å². The molecule has 0 aliphatic rings. The Kier molecular flexibility index (Phi) is 1.99. The van der Waals surface area contributed by atoms with Gasteiger partial charge in [0.2, 0.25) is 0 Å². The third kappa shape index (κ3) is 1.30. The van der Waals surface area contributed by atoms with E-state index in [1.54, 1.807) is 19.4 Å². The van der Waals surface area contributed by atoms with Crippen LogP contribution in [0.15, 0.2) is 12.3 Å². The molecule has 0 atom stereocenters. The molecule has 68 valence electrons. The molecular formula is C7H8N4OS. The normalized spacial score (nSPS) is 10.3. The second-order valence-electron chi connectivity index (χ2n) is 2.33. The van der Waals surface area contributed by atoms with Gasteiger partial charge < -0.3 is 4.74 Å². The SMILES string of the molecule is COc1ccnc2nc(NN)sc12. The van der Waals surface area contributed by atoms with Gasteiger partial charge >= 0.3 is 0 Å². The van der Waals surface area contributed by atoms with Crippen molar-refractivity contribution in [3.63, 3.8) is 0 Å². The van der Waals surface area contributed by atoms with Crippen LogP contribution >= 0.6 is 11.3 Å². The highest BCUT2D eigenvalue weighted by Gasteiger charge is 2.07. The van der Waals surface area contributed by atoms with Crippen molar-refractivity contribution < 1.29 is 4.74 Å². The molecule has 0 radical (unpaired) electrons. The summed E-state index contributed by atoms with van der Waals surface area (Å²) < 4.78 is 6.05. The van der Waals surface area contributed by atoms with Gasteiger partial charge in [0, 0.05) is 12.3 Å². The first kappa shape index (κ1) is 8.21. The summed E-state index contributed by atoms with van der Waals surface area (Å²) >= 11 is 1.41. The highest BCUT2D eigenvalue weighted by Crippen LogP contribution is 2.31. The van der Waals surface area contributed by atoms with E-state index in [0.717, 1.165) is 10.4 Å². The number of ether oxygens (including phenoxy) is 1. The highest BCUT2D eigenvalue weighted by atomic mass is 32.1. The molecule has 2 aromatic heterocycles. The van der Waals surface area contributed by atoms with Crippen LogP contribution in [0.4, 0.5) is 5.13 Å². The van der Waals surface area contributed by atoms with Crippen LogP contribution < -0.4 is 16.0 Å². The predicted molar refractivity (Wildman–Crippen MR) is 51.8 cm³/mol. The lowest BCUT2D eigenvalue weighted by molar-refractivity contribution is 0.420. The van der Waals surface area contributed by atoms with E-state index in [2.05, 4.69) is 15.4 Å². The van der Waals surface area contributed by atoms with E-state index in [1.165, 1.54) is 11.3 Å². The van der Waals surface area contributed by atoms with Crippen LogP contribution in [0.2, 0.25) is 0 Å². The summed E-state index contributed by atoms with van der Waals surface area (Å²) in [7, 11) is 1.62. The summed E-state index contributed by atoms with van der Waals surface area (Å²) in [5.41, 5.74) is 3.13. The van der Waals surface area contributed by atoms with Crippen molar-refractivity contribution in [3.05, 3.63) is 12.3 Å². The zero-order valence-electron chi connectivity index (χ0n) is 6.94. The molecule has 0 unspecified atom stereocenters. The zero-order chi connectivity index (χ0) is 9.26. The van der Waals surface area contributed by atoms with Crippen molar-refractivity contribution in [2.24, 2.45) is 5.84 Å². The number of hydrogen-bond donors (Lipinski definition) is 2. The summed E-state index contributed by atoms with van der Waals surface area (Å²) in [6.07, 6.45) is 1.65. The molecule has 0 saturated carbocycles. The van der Waals surface area contributed by atoms with E-state index in [0.29, 0.717) is 10.8 Å². The maximum atomic E-state index is 5.23. The second kappa shape index (κ2) is 3.15. The zero-order valence-corrected chi connectivity index (χ0v) is 7.76. The molecule has 2 heterocycles. The largest absolute Gasteiger partial charge is 0.495 e. The lowest BCUT2D eigenvalue weighted by Gasteiger charge is -1.97. The van der Waals surface area contributed by atoms with Crippen LogP contribution in [-0.2, 0) is 0 Å². The summed E-state index contributed by atoms with van der Waals surface area (Å²) in [4.78, 5) is 8.21. The Morgan fingerprint density at radius 1 is 1.62 bits per heavy atom. The molecule has 3 N–H and O–H groups in total. The number of fused-ring (bicyclic) bond motifs is 1. The molecule has 2 rings (SSSR count). The molecule has 13 heavy (non-hydrogen) atoms. The Morgan fingerprint density at radius 2 is 2.46 bits per heavy atom. The number of anilines is 1. The van der Waals surface area contributed by atoms with E-state index in [1.807, 2.05) is 0 Å². The summed E-state index contributed by atoms with van der Waals surface area (Å²) in [6, 6.07) is 1.79. The smallest absolute Gasteiger partial charge is 0.199 e. The lowest BCUT2D eigenvalue weighted by Crippen LogP contribution is -2.05. The van der Waals surface area contributed by atoms with Gasteiger partial charge in [0.15, 0.2) is 10.8 Å². The van der Waals surface area contributed by atoms with Crippen LogP contribution in [0.1, 0.15) is 0 Å². The van der Waals surface area contributed by atoms with E-state index in [-0.39, 0.29) is 0 Å². The molecule has 5 nitrogen and oxygen atoms in total. The Bertz CT molecular complexity index is 427. The first-order chi connectivity index (χ1) is 6.35. The minimum absolute atomic E-state index is 0.631. The van der Waals surface area contributed by atoms with Gasteiger partial charge in [-0.1, -0.05) is 11.3 Å². The summed E-state index contributed by atoms with van der Waals surface area (Å²) in [5.74, 6) is 6.00. The molecule has 6 heteroatoms. The van der Waals surface area contributed by atoms with Crippen LogP contribution in [0.3, 0.4) is 0 Å². The average molecular weight is 196 g/mol. The standard InChI is InChI=1S/C7H8N4OS/c1-12-4-2-3-9-6-5(4)13-7(10-6)11-8/h2-3H,8H2,1H3,(H,9,10,11). The second-order valence-corrected chi connectivity index (χ2v) is 3.33. The number of thiazole rings is 1. The van der Waals surface area contributed by atoms with Gasteiger partial charge in [0.1, 0.15) is 10.4 Å². The summed E-state index contributed by atoms with van der Waals surface area (Å²) in [6.45, 7) is 0. The van der Waals surface area contributed by atoms with E-state index in [4.69, 9.17) is 10.6 Å². The van der Waals surface area contributed by atoms with E-state index in [9.17, 15) is 0 Å². The molecule has 0 fully saturated rings. The van der Waals surface area contributed by atoms with Crippen molar-refractivity contribution in [3.8, 4) is 5.75 Å². The fourth-order valence-electron chi connectivity index (χ4n) is 1.03. The van der Waals surface area contributed by atoms with E-state index >= 15 is 0 Å². The fraction of sp³-hybridized carbons (Fsp3) is 0.143. The first-order valence-corrected chi connectivity index (χ1v) is 4.43. The highest BCUT2D eigenvalue weighted by molar-refractivity contribution is 7.22. The van der Waals surface area contributed by atoms with Gasteiger partial charge in [-0.05, 0) is 0 Å². The van der Waals surface area contributed by atoms with Gasteiger partial charge in [-0.2, -0.15) is 4.98 Å². The van der Waals surface area contributed by atoms with Crippen molar-refractivity contribution in [1.29, 1.82) is 0 Å². The topological polar surface area (TPSA) is 73.1 Å². The maximum Gasteiger partial charge on any atom is 0.199 e. The molecule has 0 bridgehead atoms. The van der Waals surface area contributed by atoms with Crippen LogP contribution in [-0.4, -0.2) is 17.1 Å². The number of rotatable bonds is 2. The quantitative estimate of drug-likeness (QED) is 0.553. The van der Waals surface area contributed by atoms with Crippen molar-refractivity contribution in [2.45, 2.75) is 0 Å². The number of nitrogens with one attached hydrogen (secondary N) is 1. The Hall–Kier alpha value is -1.40. The Balaban J connectivity index is 2.67. The third-order valence-corrected chi connectivity index (χ3v) is 2.59. The summed E-state index contributed by atoms with van der Waals surface area (Å²) in [5, 5.41) is 0.631. The average Bonchev–Trinajstić information content (AvgIpc) is 2.59. The molecule has 0 aliphatic carbocycles. The van der Waals surface area contributed by atoms with Crippen molar-refractivity contribution in [2.75, 3.05) is 12.5 Å². The molecule has 0 saturated heterocycles. The van der Waals surface area contributed by atoms with Gasteiger partial charge in [0.05, 0.1) is 7.11 Å². The number of hydrogen-bond acceptors (Lipinski definition) is 6. The Labute approximate surface area is 78.5 Å². The van der Waals surface area contributed by atoms with Gasteiger partial charge in [0.25, 0.3) is 0 Å². The van der Waals surface area contributed by atoms with Gasteiger partial charge in [-0.3, -0.25) is 5.43 Å². The number of nitrogen functional groups attached to an aromatic ring is 1. The number of pyridine rings is 1. The predicted octanol–water partition coefficient (Wildman–Crippen LogP) is 0.985. The van der Waals surface area contributed by atoms with Crippen LogP contribution in [0, 0.1) is 0 Å². The molecular weight excluding hydrogens is 188 g/mol. The van der Waals surface area contributed by atoms with Gasteiger partial charge in [-0.15, -0.1) is 0 Å². The molecule has 0 spiro atoms. The maximum absolute atomic E-state index is 5.23. The first-order valence-electron chi connectivity index (χ1n) is 3.61. The minimum atomic E-state index is 0.631. The number of aromatic nitrogens is 2. The lowest BCUT2D eigenvalue weighted by atomic mass is 10.4. The Morgan fingerprint density at radius 3 is 3.15 bits per heavy atom. The molecule has 2 aromatic rings. The fourth-order valence-corrected chi connectivity index (χ4v) is 1.86. The van der Waals surface area contributed by atoms with Crippen molar-refractivity contribution in [1.82, 2.24) is 9.97 Å². The number of nitrogens with two attached hydrogens (primary N) is 1. The molecule has 0 amide bonds. The minimum Gasteiger partial charge on any atom is -0.495 e. The van der Waals surface area contributed by atoms with Crippen LogP contribution in [0.25, 0.3) is 10.3 Å². The molecule has 0 aliphatic heterocycles. The number of hydrazine groups is 1. The van der Waals surface area contributed by atoms with E-state index < -0.39 is 0 Å². The van der Waals surface area contributed by atoms with Crippen molar-refractivity contribution >= 4 is 26.8 Å². The van der Waals surface area contributed by atoms with Gasteiger partial charge in [-0.25, -0.2) is 10.8 Å². The number of methoxy groups -OCH3 is 1. The monoisotopic (exact) mass is 196 g/mol. The number of nitrogens with zero attached hydrogens (tertiary/aromatic N) is 2. The third-order valence-electron chi connectivity index (χ3n) is 1.60.